The summed E-state index contributed by atoms with van der Waals surface area (Å²) in [6.45, 7) is 14.0. The molecular weight excluding hydrogens is 769 g/mol. The van der Waals surface area contributed by atoms with Crippen molar-refractivity contribution >= 4 is 46.2 Å². The van der Waals surface area contributed by atoms with Crippen LogP contribution in [0.2, 0.25) is 0 Å². The first kappa shape index (κ1) is 39.6. The van der Waals surface area contributed by atoms with E-state index in [1.165, 1.54) is 6.07 Å². The van der Waals surface area contributed by atoms with Gasteiger partial charge in [-0.25, -0.2) is 28.7 Å². The number of carbonyl (C=O) groups is 3. The van der Waals surface area contributed by atoms with E-state index in [-0.39, 0.29) is 47.3 Å². The SMILES string of the molecule is Cc1nc2c(F)cc(-c3nc(Nc4ccc(CN5CCN(CC6CCN(c7ccc8c(c7)CN(C7CCC(=O)NC7=O)C8=O)CC6)CC5)cn4)ncc3F)cc2n1C(C)C. The third-order valence-electron chi connectivity index (χ3n) is 12.4. The number of aryl methyl sites for hydroxylation is 1. The molecule has 0 saturated carbocycles. The van der Waals surface area contributed by atoms with Crippen LogP contribution in [-0.4, -0.2) is 109 Å². The molecular formula is C44H49F2N11O3. The van der Waals surface area contributed by atoms with Crippen molar-refractivity contribution in [3.05, 3.63) is 89.0 Å². The van der Waals surface area contributed by atoms with E-state index in [1.807, 2.05) is 55.8 Å². The van der Waals surface area contributed by atoms with Gasteiger partial charge < -0.3 is 24.6 Å². The summed E-state index contributed by atoms with van der Waals surface area (Å²) in [6.07, 6.45) is 5.73. The summed E-state index contributed by atoms with van der Waals surface area (Å²) in [5.74, 6) is -0.0209. The highest BCUT2D eigenvalue weighted by molar-refractivity contribution is 6.05. The van der Waals surface area contributed by atoms with E-state index in [9.17, 15) is 14.4 Å². The number of nitrogens with zero attached hydrogens (tertiary/aromatic N) is 9. The second kappa shape index (κ2) is 16.3. The van der Waals surface area contributed by atoms with E-state index in [2.05, 4.69) is 51.3 Å². The Morgan fingerprint density at radius 1 is 0.867 bits per heavy atom. The number of anilines is 3. The lowest BCUT2D eigenvalue weighted by molar-refractivity contribution is -0.136. The second-order valence-corrected chi connectivity index (χ2v) is 16.8. The van der Waals surface area contributed by atoms with Crippen LogP contribution in [0.5, 0.6) is 0 Å². The summed E-state index contributed by atoms with van der Waals surface area (Å²) in [7, 11) is 0. The van der Waals surface area contributed by atoms with Crippen molar-refractivity contribution in [2.75, 3.05) is 56.0 Å². The zero-order chi connectivity index (χ0) is 41.7. The largest absolute Gasteiger partial charge is 0.372 e. The fourth-order valence-corrected chi connectivity index (χ4v) is 9.28. The van der Waals surface area contributed by atoms with Crippen molar-refractivity contribution in [1.29, 1.82) is 0 Å². The molecule has 3 saturated heterocycles. The van der Waals surface area contributed by atoms with Crippen LogP contribution < -0.4 is 15.5 Å². The molecule has 60 heavy (non-hydrogen) atoms. The van der Waals surface area contributed by atoms with Crippen LogP contribution in [0.25, 0.3) is 22.3 Å². The second-order valence-electron chi connectivity index (χ2n) is 16.8. The van der Waals surface area contributed by atoms with Crippen LogP contribution in [0.1, 0.15) is 72.9 Å². The predicted octanol–water partition coefficient (Wildman–Crippen LogP) is 5.59. The molecule has 3 aromatic heterocycles. The van der Waals surface area contributed by atoms with Gasteiger partial charge in [0.05, 0.1) is 11.7 Å². The number of imidazole rings is 1. The Kier molecular flexibility index (Phi) is 10.8. The normalized spacial score (nSPS) is 19.4. The summed E-state index contributed by atoms with van der Waals surface area (Å²) in [4.78, 5) is 63.7. The van der Waals surface area contributed by atoms with Crippen LogP contribution in [0.4, 0.5) is 26.2 Å². The highest BCUT2D eigenvalue weighted by Gasteiger charge is 2.39. The van der Waals surface area contributed by atoms with Crippen LogP contribution in [0.3, 0.4) is 0 Å². The summed E-state index contributed by atoms with van der Waals surface area (Å²) < 4.78 is 32.1. The number of hydrogen-bond donors (Lipinski definition) is 2. The van der Waals surface area contributed by atoms with Gasteiger partial charge in [-0.1, -0.05) is 6.07 Å². The number of carbonyl (C=O) groups excluding carboxylic acids is 3. The lowest BCUT2D eigenvalue weighted by Crippen LogP contribution is -2.52. The molecule has 9 rings (SSSR count). The minimum absolute atomic E-state index is 0.0129. The maximum absolute atomic E-state index is 15.1. The van der Waals surface area contributed by atoms with E-state index >= 15 is 8.78 Å². The summed E-state index contributed by atoms with van der Waals surface area (Å²) in [5, 5.41) is 5.44. The van der Waals surface area contributed by atoms with E-state index in [4.69, 9.17) is 0 Å². The van der Waals surface area contributed by atoms with Crippen molar-refractivity contribution in [3.63, 3.8) is 0 Å². The number of pyridine rings is 1. The van der Waals surface area contributed by atoms with Crippen LogP contribution in [0, 0.1) is 24.5 Å². The van der Waals surface area contributed by atoms with E-state index in [0.717, 1.165) is 88.2 Å². The highest BCUT2D eigenvalue weighted by Crippen LogP contribution is 2.33. The van der Waals surface area contributed by atoms with Crippen molar-refractivity contribution < 1.29 is 23.2 Å². The molecule has 3 amide bonds. The van der Waals surface area contributed by atoms with Gasteiger partial charge in [-0.05, 0) is 93.5 Å². The molecule has 2 N–H and O–H groups in total. The van der Waals surface area contributed by atoms with E-state index in [1.54, 1.807) is 11.0 Å². The van der Waals surface area contributed by atoms with Gasteiger partial charge in [0.15, 0.2) is 11.6 Å². The van der Waals surface area contributed by atoms with Gasteiger partial charge >= 0.3 is 0 Å². The zero-order valence-corrected chi connectivity index (χ0v) is 34.1. The molecule has 14 nitrogen and oxygen atoms in total. The lowest BCUT2D eigenvalue weighted by Gasteiger charge is -2.39. The Balaban J connectivity index is 0.737. The Labute approximate surface area is 347 Å². The number of hydrogen-bond acceptors (Lipinski definition) is 11. The zero-order valence-electron chi connectivity index (χ0n) is 34.1. The first-order valence-electron chi connectivity index (χ1n) is 20.9. The van der Waals surface area contributed by atoms with Gasteiger partial charge in [-0.3, -0.25) is 24.6 Å². The minimum Gasteiger partial charge on any atom is -0.372 e. The van der Waals surface area contributed by atoms with Crippen molar-refractivity contribution in [3.8, 4) is 11.3 Å². The molecule has 312 valence electrons. The highest BCUT2D eigenvalue weighted by atomic mass is 19.1. The fraction of sp³-hybridized carbons (Fsp3) is 0.432. The minimum atomic E-state index is -0.657. The number of benzene rings is 2. The lowest BCUT2D eigenvalue weighted by atomic mass is 9.95. The van der Waals surface area contributed by atoms with Crippen molar-refractivity contribution in [2.24, 2.45) is 5.92 Å². The third kappa shape index (κ3) is 7.93. The molecule has 0 spiro atoms. The van der Waals surface area contributed by atoms with Gasteiger partial charge in [0.2, 0.25) is 17.8 Å². The van der Waals surface area contributed by atoms with Gasteiger partial charge in [-0.2, -0.15) is 0 Å². The Bertz CT molecular complexity index is 2460. The number of nitrogens with one attached hydrogen (secondary N) is 2. The van der Waals surface area contributed by atoms with Crippen molar-refractivity contribution in [2.45, 2.75) is 71.6 Å². The van der Waals surface area contributed by atoms with Crippen LogP contribution in [0.15, 0.2) is 54.9 Å². The molecule has 16 heteroatoms. The number of rotatable bonds is 10. The smallest absolute Gasteiger partial charge is 0.255 e. The molecule has 0 aliphatic carbocycles. The van der Waals surface area contributed by atoms with E-state index < -0.39 is 17.7 Å². The summed E-state index contributed by atoms with van der Waals surface area (Å²) in [5.41, 5.74) is 4.90. The number of aromatic nitrogens is 5. The average molecular weight is 818 g/mol. The first-order chi connectivity index (χ1) is 29.0. The maximum atomic E-state index is 15.1. The molecule has 7 heterocycles. The molecule has 4 aliphatic heterocycles. The van der Waals surface area contributed by atoms with Gasteiger partial charge in [0.25, 0.3) is 5.91 Å². The van der Waals surface area contributed by atoms with Crippen molar-refractivity contribution in [1.82, 2.24) is 44.5 Å². The Morgan fingerprint density at radius 2 is 1.65 bits per heavy atom. The molecule has 4 aliphatic rings. The monoisotopic (exact) mass is 817 g/mol. The average Bonchev–Trinajstić information content (AvgIpc) is 3.75. The summed E-state index contributed by atoms with van der Waals surface area (Å²) in [6, 6.07) is 12.3. The number of piperidine rings is 2. The number of piperazine rings is 1. The number of amides is 3. The number of imide groups is 1. The Morgan fingerprint density at radius 3 is 2.38 bits per heavy atom. The molecule has 1 unspecified atom stereocenters. The topological polar surface area (TPSA) is 145 Å². The van der Waals surface area contributed by atoms with Gasteiger partial charge in [0, 0.05) is 94.4 Å². The third-order valence-corrected chi connectivity index (χ3v) is 12.4. The summed E-state index contributed by atoms with van der Waals surface area (Å²) >= 11 is 0. The van der Waals surface area contributed by atoms with Gasteiger partial charge in [-0.15, -0.1) is 0 Å². The quantitative estimate of drug-likeness (QED) is 0.170. The number of fused-ring (bicyclic) bond motifs is 2. The molecule has 1 atom stereocenters. The maximum Gasteiger partial charge on any atom is 0.255 e. The number of halogens is 2. The molecule has 5 aromatic rings. The molecule has 0 radical (unpaired) electrons. The molecule has 2 aromatic carbocycles. The molecule has 0 bridgehead atoms. The van der Waals surface area contributed by atoms with Crippen LogP contribution in [-0.2, 0) is 22.7 Å². The standard InChI is InChI=1S/C44H49F2N11O3/c1-26(2)57-27(3)49-41-34(45)19-30(20-37(41)57)40-35(46)22-48-44(52-40)50-38-8-4-29(21-47-38)24-54-16-14-53(15-17-54)23-28-10-12-55(13-11-28)32-5-6-33-31(18-32)25-56(43(33)60)36-7-9-39(58)51-42(36)59/h4-6,8,18-22,26,28,36H,7,9-17,23-25H2,1-3H3,(H,51,58,59)(H,47,48,50,52). The van der Waals surface area contributed by atoms with Gasteiger partial charge in [0.1, 0.15) is 28.9 Å². The van der Waals surface area contributed by atoms with Crippen LogP contribution >= 0.6 is 0 Å². The van der Waals surface area contributed by atoms with E-state index in [0.29, 0.717) is 47.2 Å². The fourth-order valence-electron chi connectivity index (χ4n) is 9.28. The Hall–Kier alpha value is -5.87. The first-order valence-corrected chi connectivity index (χ1v) is 20.9. The predicted molar refractivity (Wildman–Crippen MR) is 222 cm³/mol. The molecule has 3 fully saturated rings.